The quantitative estimate of drug-likeness (QED) is 0.325. The summed E-state index contributed by atoms with van der Waals surface area (Å²) >= 11 is 12.2. The molecule has 7 heteroatoms. The second kappa shape index (κ2) is 8.78. The molecule has 1 heterocycles. The molecule has 0 spiro atoms. The molecule has 1 saturated heterocycles. The smallest absolute Gasteiger partial charge is 0.295 e. The first-order valence-corrected chi connectivity index (χ1v) is 9.49. The highest BCUT2D eigenvalue weighted by molar-refractivity contribution is 6.46. The van der Waals surface area contributed by atoms with Gasteiger partial charge in [-0.05, 0) is 24.1 Å². The molecule has 146 valence electrons. The Morgan fingerprint density at radius 3 is 2.46 bits per heavy atom. The molecule has 0 saturated carbocycles. The number of halogens is 2. The van der Waals surface area contributed by atoms with Gasteiger partial charge in [0, 0.05) is 25.8 Å². The summed E-state index contributed by atoms with van der Waals surface area (Å²) in [7, 11) is 1.57. The average Bonchev–Trinajstić information content (AvgIpc) is 2.95. The van der Waals surface area contributed by atoms with Gasteiger partial charge in [-0.1, -0.05) is 59.6 Å². The molecule has 28 heavy (non-hydrogen) atoms. The maximum absolute atomic E-state index is 12.8. The van der Waals surface area contributed by atoms with Gasteiger partial charge in [0.15, 0.2) is 0 Å². The number of aliphatic hydroxyl groups is 1. The predicted octanol–water partition coefficient (Wildman–Crippen LogP) is 4.45. The Morgan fingerprint density at radius 2 is 1.82 bits per heavy atom. The van der Waals surface area contributed by atoms with Gasteiger partial charge in [-0.15, -0.1) is 0 Å². The fraction of sp³-hybridized carbons (Fsp3) is 0.238. The second-order valence-electron chi connectivity index (χ2n) is 6.38. The van der Waals surface area contributed by atoms with Crippen LogP contribution < -0.4 is 0 Å². The largest absolute Gasteiger partial charge is 0.507 e. The monoisotopic (exact) mass is 419 g/mol. The van der Waals surface area contributed by atoms with Crippen LogP contribution in [0.4, 0.5) is 0 Å². The summed E-state index contributed by atoms with van der Waals surface area (Å²) in [6, 6.07) is 12.8. The molecule has 0 bridgehead atoms. The van der Waals surface area contributed by atoms with E-state index < -0.39 is 17.7 Å². The number of rotatable bonds is 6. The van der Waals surface area contributed by atoms with E-state index in [1.807, 2.05) is 0 Å². The molecule has 1 amide bonds. The summed E-state index contributed by atoms with van der Waals surface area (Å²) in [6.07, 6.45) is 0.548. The van der Waals surface area contributed by atoms with Crippen molar-refractivity contribution in [2.24, 2.45) is 0 Å². The minimum Gasteiger partial charge on any atom is -0.507 e. The third-order valence-corrected chi connectivity index (χ3v) is 5.33. The normalized spacial score (nSPS) is 18.7. The Morgan fingerprint density at radius 1 is 1.11 bits per heavy atom. The van der Waals surface area contributed by atoms with Crippen molar-refractivity contribution in [1.29, 1.82) is 0 Å². The minimum atomic E-state index is -0.758. The Labute approximate surface area is 173 Å². The van der Waals surface area contributed by atoms with E-state index in [-0.39, 0.29) is 11.3 Å². The van der Waals surface area contributed by atoms with Gasteiger partial charge in [-0.2, -0.15) is 0 Å². The zero-order chi connectivity index (χ0) is 20.3. The molecule has 5 nitrogen and oxygen atoms in total. The van der Waals surface area contributed by atoms with Crippen molar-refractivity contribution in [2.75, 3.05) is 20.3 Å². The highest BCUT2D eigenvalue weighted by Crippen LogP contribution is 2.40. The highest BCUT2D eigenvalue weighted by atomic mass is 35.5. The maximum Gasteiger partial charge on any atom is 0.295 e. The molecule has 1 aliphatic rings. The number of amides is 1. The first-order valence-electron chi connectivity index (χ1n) is 8.73. The summed E-state index contributed by atoms with van der Waals surface area (Å²) in [5, 5.41) is 11.5. The number of carbonyl (C=O) groups is 2. The van der Waals surface area contributed by atoms with Gasteiger partial charge in [0.2, 0.25) is 0 Å². The van der Waals surface area contributed by atoms with E-state index >= 15 is 0 Å². The Bertz CT molecular complexity index is 927. The molecular weight excluding hydrogens is 401 g/mol. The maximum atomic E-state index is 12.8. The van der Waals surface area contributed by atoms with Crippen LogP contribution in [0.15, 0.2) is 54.1 Å². The number of ether oxygens (including phenoxy) is 1. The van der Waals surface area contributed by atoms with Crippen LogP contribution in [0.3, 0.4) is 0 Å². The molecule has 3 rings (SSSR count). The lowest BCUT2D eigenvalue weighted by atomic mass is 9.95. The van der Waals surface area contributed by atoms with E-state index in [0.717, 1.165) is 0 Å². The van der Waals surface area contributed by atoms with Crippen LogP contribution in [0.5, 0.6) is 0 Å². The molecule has 0 aliphatic carbocycles. The number of hydrogen-bond acceptors (Lipinski definition) is 4. The van der Waals surface area contributed by atoms with Crippen LogP contribution >= 0.6 is 23.2 Å². The van der Waals surface area contributed by atoms with Crippen LogP contribution in [0.1, 0.15) is 23.6 Å². The Hall–Kier alpha value is -2.34. The third-order valence-electron chi connectivity index (χ3n) is 4.59. The van der Waals surface area contributed by atoms with Crippen molar-refractivity contribution in [3.63, 3.8) is 0 Å². The first kappa shape index (κ1) is 20.4. The van der Waals surface area contributed by atoms with E-state index in [0.29, 0.717) is 40.7 Å². The lowest BCUT2D eigenvalue weighted by Gasteiger charge is -2.25. The van der Waals surface area contributed by atoms with Crippen LogP contribution in [-0.4, -0.2) is 42.0 Å². The van der Waals surface area contributed by atoms with Gasteiger partial charge < -0.3 is 14.7 Å². The summed E-state index contributed by atoms with van der Waals surface area (Å²) in [5.74, 6) is -1.61. The molecule has 0 unspecified atom stereocenters. The van der Waals surface area contributed by atoms with E-state index in [1.165, 1.54) is 4.90 Å². The third kappa shape index (κ3) is 3.92. The molecule has 1 N–H and O–H groups in total. The van der Waals surface area contributed by atoms with Crippen LogP contribution in [0.25, 0.3) is 5.76 Å². The van der Waals surface area contributed by atoms with E-state index in [4.69, 9.17) is 27.9 Å². The minimum absolute atomic E-state index is 0.0343. The molecular formula is C21H19Cl2NO4. The zero-order valence-electron chi connectivity index (χ0n) is 15.2. The van der Waals surface area contributed by atoms with Gasteiger partial charge in [0.25, 0.3) is 11.7 Å². The van der Waals surface area contributed by atoms with Crippen molar-refractivity contribution < 1.29 is 19.4 Å². The van der Waals surface area contributed by atoms with Gasteiger partial charge in [-0.25, -0.2) is 0 Å². The standard InChI is InChI=1S/C21H19Cl2NO4/c1-28-11-5-10-24-18(14-8-9-15(22)16(23)12-14)17(20(26)21(24)27)19(25)13-6-3-2-4-7-13/h2-4,6-9,12,18,25H,5,10-11H2,1H3/b19-17+/t18-/m0/s1. The number of ketones is 1. The number of carbonyl (C=O) groups excluding carboxylic acids is 2. The number of hydrogen-bond donors (Lipinski definition) is 1. The number of nitrogens with zero attached hydrogens (tertiary/aromatic N) is 1. The molecule has 1 fully saturated rings. The molecule has 2 aromatic carbocycles. The number of aliphatic hydroxyl groups excluding tert-OH is 1. The average molecular weight is 420 g/mol. The summed E-state index contributed by atoms with van der Waals surface area (Å²) in [6.45, 7) is 0.741. The van der Waals surface area contributed by atoms with Crippen molar-refractivity contribution >= 4 is 40.7 Å². The number of benzene rings is 2. The topological polar surface area (TPSA) is 66.8 Å². The Balaban J connectivity index is 2.13. The van der Waals surface area contributed by atoms with Gasteiger partial charge in [0.05, 0.1) is 21.7 Å². The van der Waals surface area contributed by atoms with Crippen LogP contribution in [0.2, 0.25) is 10.0 Å². The van der Waals surface area contributed by atoms with Gasteiger partial charge in [-0.3, -0.25) is 9.59 Å². The van der Waals surface area contributed by atoms with Crippen LogP contribution in [-0.2, 0) is 14.3 Å². The van der Waals surface area contributed by atoms with Crippen molar-refractivity contribution in [1.82, 2.24) is 4.90 Å². The lowest BCUT2D eigenvalue weighted by molar-refractivity contribution is -0.140. The van der Waals surface area contributed by atoms with Gasteiger partial charge >= 0.3 is 0 Å². The fourth-order valence-electron chi connectivity index (χ4n) is 3.27. The highest BCUT2D eigenvalue weighted by Gasteiger charge is 2.45. The molecule has 0 radical (unpaired) electrons. The Kier molecular flexibility index (Phi) is 6.39. The van der Waals surface area contributed by atoms with Crippen molar-refractivity contribution in [2.45, 2.75) is 12.5 Å². The van der Waals surface area contributed by atoms with Gasteiger partial charge in [0.1, 0.15) is 5.76 Å². The van der Waals surface area contributed by atoms with Crippen molar-refractivity contribution in [3.05, 3.63) is 75.3 Å². The van der Waals surface area contributed by atoms with E-state index in [9.17, 15) is 14.7 Å². The second-order valence-corrected chi connectivity index (χ2v) is 7.19. The molecule has 1 aliphatic heterocycles. The van der Waals surface area contributed by atoms with Crippen LogP contribution in [0, 0.1) is 0 Å². The lowest BCUT2D eigenvalue weighted by Crippen LogP contribution is -2.31. The van der Waals surface area contributed by atoms with Crippen molar-refractivity contribution in [3.8, 4) is 0 Å². The fourth-order valence-corrected chi connectivity index (χ4v) is 3.58. The molecule has 2 aromatic rings. The SMILES string of the molecule is COCCCN1C(=O)C(=O)/C(=C(/O)c2ccccc2)[C@@H]1c1ccc(Cl)c(Cl)c1. The number of methoxy groups -OCH3 is 1. The molecule has 1 atom stereocenters. The summed E-state index contributed by atoms with van der Waals surface area (Å²) in [5.41, 5.74) is 1.10. The summed E-state index contributed by atoms with van der Waals surface area (Å²) in [4.78, 5) is 27.0. The zero-order valence-corrected chi connectivity index (χ0v) is 16.7. The number of likely N-dealkylation sites (tertiary alicyclic amines) is 1. The predicted molar refractivity (Wildman–Crippen MR) is 108 cm³/mol. The number of Topliss-reactive ketones (excluding diaryl/α,β-unsaturated/α-hetero) is 1. The first-order chi connectivity index (χ1) is 13.5. The molecule has 0 aromatic heterocycles. The van der Waals surface area contributed by atoms with E-state index in [1.54, 1.807) is 55.6 Å². The van der Waals surface area contributed by atoms with E-state index in [2.05, 4.69) is 0 Å². The summed E-state index contributed by atoms with van der Waals surface area (Å²) < 4.78 is 5.06.